The summed E-state index contributed by atoms with van der Waals surface area (Å²) in [6.07, 6.45) is 6.49. The summed E-state index contributed by atoms with van der Waals surface area (Å²) in [5, 5.41) is 10.1. The highest BCUT2D eigenvalue weighted by Gasteiger charge is 2.33. The number of hydrogen-bond acceptors (Lipinski definition) is 12. The maximum Gasteiger partial charge on any atom is 0.339 e. The fourth-order valence-corrected chi connectivity index (χ4v) is 8.72. The number of fused-ring (bicyclic) bond motifs is 3. The van der Waals surface area contributed by atoms with Crippen molar-refractivity contribution in [2.45, 2.75) is 71.8 Å². The number of para-hydroxylation sites is 3. The van der Waals surface area contributed by atoms with Crippen LogP contribution in [0.4, 0.5) is 27.1 Å². The topological polar surface area (TPSA) is 226 Å². The first kappa shape index (κ1) is 57.5. The van der Waals surface area contributed by atoms with Crippen molar-refractivity contribution in [3.63, 3.8) is 0 Å². The Kier molecular flexibility index (Phi) is 21.7. The molecule has 0 spiro atoms. The van der Waals surface area contributed by atoms with Gasteiger partial charge in [0.25, 0.3) is 11.8 Å². The largest absolute Gasteiger partial charge is 0.489 e. The number of benzene rings is 3. The number of rotatable bonds is 13. The second kappa shape index (κ2) is 26.4. The van der Waals surface area contributed by atoms with Crippen LogP contribution in [-0.4, -0.2) is 110 Å². The van der Waals surface area contributed by atoms with Gasteiger partial charge in [0.1, 0.15) is 42.2 Å². The van der Waals surface area contributed by atoms with E-state index in [4.69, 9.17) is 70.3 Å². The second-order valence-electron chi connectivity index (χ2n) is 16.5. The molecule has 4 N–H and O–H groups in total. The first-order chi connectivity index (χ1) is 33.1. The zero-order valence-corrected chi connectivity index (χ0v) is 43.3. The zero-order chi connectivity index (χ0) is 51.9. The van der Waals surface area contributed by atoms with Crippen LogP contribution in [0.5, 0.6) is 11.5 Å². The number of terminal acetylenes is 1. The monoisotopic (exact) mass is 1070 g/mol. The number of carboxylic acid groups (broad SMARTS) is 1. The van der Waals surface area contributed by atoms with Crippen molar-refractivity contribution in [3.8, 4) is 23.8 Å². The minimum Gasteiger partial charge on any atom is -0.489 e. The van der Waals surface area contributed by atoms with Crippen LogP contribution in [0.25, 0.3) is 0 Å². The van der Waals surface area contributed by atoms with Gasteiger partial charge in [-0.15, -0.1) is 18.0 Å². The van der Waals surface area contributed by atoms with Crippen LogP contribution >= 0.6 is 53.9 Å². The van der Waals surface area contributed by atoms with Crippen LogP contribution in [0.3, 0.4) is 0 Å². The van der Waals surface area contributed by atoms with Crippen LogP contribution in [0.15, 0.2) is 59.6 Å². The van der Waals surface area contributed by atoms with Gasteiger partial charge in [0.2, 0.25) is 10.7 Å². The fourth-order valence-electron chi connectivity index (χ4n) is 7.20. The van der Waals surface area contributed by atoms with Gasteiger partial charge in [-0.25, -0.2) is 9.38 Å². The Balaban J connectivity index is 0.000000215. The Hall–Kier alpha value is -5.07. The Labute approximate surface area is 424 Å². The molecule has 1 aromatic heterocycles. The molecule has 18 nitrogen and oxygen atoms in total. The van der Waals surface area contributed by atoms with Gasteiger partial charge < -0.3 is 38.6 Å². The van der Waals surface area contributed by atoms with E-state index in [-0.39, 0.29) is 60.6 Å². The van der Waals surface area contributed by atoms with E-state index >= 15 is 0 Å². The van der Waals surface area contributed by atoms with Crippen molar-refractivity contribution in [2.75, 3.05) is 66.5 Å². The lowest BCUT2D eigenvalue weighted by molar-refractivity contribution is -0.136. The average molecular weight is 1070 g/mol. The summed E-state index contributed by atoms with van der Waals surface area (Å²) >= 11 is 18.2. The van der Waals surface area contributed by atoms with Crippen molar-refractivity contribution < 1.29 is 57.2 Å². The molecule has 70 heavy (non-hydrogen) atoms. The number of carbonyl (C=O) groups excluding carboxylic acids is 3. The fraction of sp³-hybridized carbons (Fsp3) is 0.435. The van der Waals surface area contributed by atoms with Crippen LogP contribution in [0, 0.1) is 30.5 Å². The zero-order valence-electron chi connectivity index (χ0n) is 39.4. The van der Waals surface area contributed by atoms with Gasteiger partial charge in [0.05, 0.1) is 42.5 Å². The number of ether oxygens (including phenoxy) is 3. The highest BCUT2D eigenvalue weighted by Crippen LogP contribution is 2.38. The normalized spacial score (nSPS) is 15.5. The molecule has 0 radical (unpaired) electrons. The number of halogens is 4. The molecule has 3 aromatic carbocycles. The smallest absolute Gasteiger partial charge is 0.339 e. The SMILES string of the molecule is C#CCN1C(=O)COc2cc(F)c(N=c3snc4n3CC(C)(C)C4)cc21.CC1COc2ccccc2N1C(=O)C(Cl)Cl.CCOCN(C(=O)CCl)c1c(C)cccc1CC.O=C(O)CNCP(=O)(O)O. The number of carboxylic acids is 1. The highest BCUT2D eigenvalue weighted by molar-refractivity contribution is 7.51. The molecule has 24 heteroatoms. The minimum absolute atomic E-state index is 0.0371. The van der Waals surface area contributed by atoms with E-state index in [2.05, 4.69) is 41.4 Å². The number of anilines is 3. The molecule has 3 aliphatic rings. The lowest BCUT2D eigenvalue weighted by Gasteiger charge is -2.35. The molecule has 4 heterocycles. The maximum atomic E-state index is 14.5. The standard InChI is InChI=1S/C18H17FN4O2S.C14H20ClNO2.C11H11Cl2NO2.C3H8NO5P/c1-4-5-22-13-7-12(11(19)6-14(13)25-9-16(22)24)20-17-23-10-18(2,3)8-15(23)21-26-17;1-4-12-8-6-7-11(3)14(12)16(10-18-5-2)13(17)9-15;1-7-6-16-9-5-3-2-4-8(9)14(7)11(15)10(12)13;5-3(6)1-4-2-10(7,8)9/h1,6-7H,5,8-10H2,2-3H3;6-8H,4-5,9-10H2,1-3H3;2-5,7,10H,6H2,1H3;4H,1-2H2,(H,5,6)(H2,7,8,9). The second-order valence-corrected chi connectivity index (χ2v) is 20.2. The lowest BCUT2D eigenvalue weighted by Crippen LogP contribution is -2.47. The summed E-state index contributed by atoms with van der Waals surface area (Å²) in [5.41, 5.74) is 4.52. The van der Waals surface area contributed by atoms with Crippen LogP contribution < -0.4 is 34.3 Å². The molecule has 0 aliphatic carbocycles. The number of aryl methyl sites for hydroxylation is 2. The van der Waals surface area contributed by atoms with Crippen molar-refractivity contribution >= 4 is 100 Å². The molecule has 1 atom stereocenters. The van der Waals surface area contributed by atoms with Crippen molar-refractivity contribution in [2.24, 2.45) is 10.4 Å². The number of amides is 3. The number of nitrogens with one attached hydrogen (secondary N) is 1. The van der Waals surface area contributed by atoms with Gasteiger partial charge in [0.15, 0.2) is 17.3 Å². The number of alkyl halides is 3. The van der Waals surface area contributed by atoms with E-state index in [9.17, 15) is 28.1 Å². The summed E-state index contributed by atoms with van der Waals surface area (Å²) in [4.78, 5) is 70.7. The molecule has 0 bridgehead atoms. The van der Waals surface area contributed by atoms with Crippen LogP contribution in [0.1, 0.15) is 51.6 Å². The van der Waals surface area contributed by atoms with E-state index < -0.39 is 37.0 Å². The van der Waals surface area contributed by atoms with Gasteiger partial charge in [-0.3, -0.25) is 38.9 Å². The third kappa shape index (κ3) is 16.0. The Morgan fingerprint density at radius 1 is 1.13 bits per heavy atom. The number of nitrogens with zero attached hydrogens (tertiary/aromatic N) is 6. The molecule has 380 valence electrons. The molecular weight excluding hydrogens is 1010 g/mol. The van der Waals surface area contributed by atoms with Crippen molar-refractivity contribution in [1.82, 2.24) is 14.3 Å². The van der Waals surface area contributed by atoms with Crippen molar-refractivity contribution in [3.05, 3.63) is 82.2 Å². The quantitative estimate of drug-likeness (QED) is 0.0470. The van der Waals surface area contributed by atoms with E-state index in [0.29, 0.717) is 35.2 Å². The summed E-state index contributed by atoms with van der Waals surface area (Å²) < 4.78 is 47.3. The molecule has 0 saturated carbocycles. The van der Waals surface area contributed by atoms with E-state index in [1.165, 1.54) is 28.6 Å². The first-order valence-corrected chi connectivity index (χ1v) is 25.7. The molecular formula is C46H56Cl3FN7O11PS. The summed E-state index contributed by atoms with van der Waals surface area (Å²) in [6.45, 7) is 13.7. The van der Waals surface area contributed by atoms with Crippen molar-refractivity contribution in [1.29, 1.82) is 0 Å². The predicted octanol–water partition coefficient (Wildman–Crippen LogP) is 6.78. The highest BCUT2D eigenvalue weighted by atomic mass is 35.5. The van der Waals surface area contributed by atoms with Gasteiger partial charge in [-0.1, -0.05) is 80.2 Å². The molecule has 7 rings (SSSR count). The van der Waals surface area contributed by atoms with Crippen LogP contribution in [0.2, 0.25) is 0 Å². The van der Waals surface area contributed by atoms with E-state index in [1.54, 1.807) is 9.80 Å². The third-order valence-corrected chi connectivity index (χ3v) is 12.3. The molecule has 4 aromatic rings. The minimum atomic E-state index is -4.10. The third-order valence-electron chi connectivity index (χ3n) is 10.3. The molecule has 3 amide bonds. The van der Waals surface area contributed by atoms with Crippen LogP contribution in [-0.2, 0) is 47.9 Å². The summed E-state index contributed by atoms with van der Waals surface area (Å²) in [7, 11) is -4.10. The summed E-state index contributed by atoms with van der Waals surface area (Å²) in [5.74, 6) is 1.98. The average Bonchev–Trinajstić information content (AvgIpc) is 3.82. The lowest BCUT2D eigenvalue weighted by atomic mass is 9.92. The summed E-state index contributed by atoms with van der Waals surface area (Å²) in [6, 6.07) is 16.1. The Morgan fingerprint density at radius 3 is 2.47 bits per heavy atom. The molecule has 3 aliphatic heterocycles. The Morgan fingerprint density at radius 2 is 1.84 bits per heavy atom. The van der Waals surface area contributed by atoms with Gasteiger partial charge >= 0.3 is 13.6 Å². The van der Waals surface area contributed by atoms with Gasteiger partial charge in [-0.05, 0) is 61.9 Å². The van der Waals surface area contributed by atoms with Gasteiger partial charge in [0, 0.05) is 37.2 Å². The van der Waals surface area contributed by atoms with E-state index in [0.717, 1.165) is 47.7 Å². The number of carbonyl (C=O) groups is 4. The maximum absolute atomic E-state index is 14.5. The number of aromatic nitrogens is 2. The molecule has 1 unspecified atom stereocenters. The number of aliphatic carboxylic acids is 1. The number of hydrogen-bond donors (Lipinski definition) is 4. The first-order valence-electron chi connectivity index (χ1n) is 21.7. The molecule has 0 fully saturated rings. The van der Waals surface area contributed by atoms with E-state index in [1.807, 2.05) is 67.8 Å². The van der Waals surface area contributed by atoms with Gasteiger partial charge in [-0.2, -0.15) is 4.37 Å². The predicted molar refractivity (Wildman–Crippen MR) is 268 cm³/mol. The molecule has 0 saturated heterocycles. The Bertz CT molecular complexity index is 2660.